The summed E-state index contributed by atoms with van der Waals surface area (Å²) in [7, 11) is 0. The largest absolute Gasteiger partial charge is 0.387 e. The van der Waals surface area contributed by atoms with Gasteiger partial charge in [-0.25, -0.2) is 4.39 Å². The van der Waals surface area contributed by atoms with Crippen LogP contribution in [-0.4, -0.2) is 71.0 Å². The predicted octanol–water partition coefficient (Wildman–Crippen LogP) is 1.40. The molecule has 0 bridgehead atoms. The third-order valence-corrected chi connectivity index (χ3v) is 4.70. The number of halogens is 1. The molecule has 1 saturated heterocycles. The molecule has 8 nitrogen and oxygen atoms in total. The van der Waals surface area contributed by atoms with E-state index in [1.165, 1.54) is 12.1 Å². The van der Waals surface area contributed by atoms with Crippen molar-refractivity contribution in [2.75, 3.05) is 39.4 Å². The number of aromatic nitrogens is 2. The number of aliphatic hydroxyl groups is 1. The summed E-state index contributed by atoms with van der Waals surface area (Å²) < 4.78 is 23.5. The minimum atomic E-state index is -0.996. The Balaban J connectivity index is 1.37. The highest BCUT2D eigenvalue weighted by molar-refractivity contribution is 5.75. The van der Waals surface area contributed by atoms with Gasteiger partial charge in [-0.05, 0) is 37.6 Å². The van der Waals surface area contributed by atoms with E-state index in [2.05, 4.69) is 20.4 Å². The molecule has 0 spiro atoms. The molecule has 1 fully saturated rings. The van der Waals surface area contributed by atoms with Crippen molar-refractivity contribution in [2.45, 2.75) is 31.8 Å². The van der Waals surface area contributed by atoms with E-state index in [4.69, 9.17) is 9.26 Å². The molecule has 0 aliphatic carbocycles. The molecule has 1 atom stereocenters. The second-order valence-electron chi connectivity index (χ2n) is 7.53. The Morgan fingerprint density at radius 1 is 1.31 bits per heavy atom. The minimum Gasteiger partial charge on any atom is -0.387 e. The lowest BCUT2D eigenvalue weighted by Crippen LogP contribution is -2.51. The molecule has 29 heavy (non-hydrogen) atoms. The van der Waals surface area contributed by atoms with Gasteiger partial charge < -0.3 is 19.7 Å². The van der Waals surface area contributed by atoms with Crippen LogP contribution < -0.4 is 5.32 Å². The number of β-amino-alcohol motifs (C(OH)–C–C–N with tert-alkyl or cyclic N) is 1. The molecule has 9 heteroatoms. The first-order chi connectivity index (χ1) is 13.9. The van der Waals surface area contributed by atoms with Crippen molar-refractivity contribution in [2.24, 2.45) is 0 Å². The van der Waals surface area contributed by atoms with Crippen molar-refractivity contribution in [3.8, 4) is 11.4 Å². The molecule has 2 N–H and O–H groups in total. The van der Waals surface area contributed by atoms with Gasteiger partial charge in [-0.3, -0.25) is 9.69 Å². The number of rotatable bonds is 9. The van der Waals surface area contributed by atoms with Crippen molar-refractivity contribution < 1.29 is 23.6 Å². The van der Waals surface area contributed by atoms with E-state index < -0.39 is 5.60 Å². The summed E-state index contributed by atoms with van der Waals surface area (Å²) in [5.74, 6) is 0.359. The van der Waals surface area contributed by atoms with E-state index in [0.29, 0.717) is 56.3 Å². The third kappa shape index (κ3) is 6.88. The molecule has 1 aliphatic rings. The Morgan fingerprint density at radius 2 is 2.03 bits per heavy atom. The van der Waals surface area contributed by atoms with Gasteiger partial charge in [0.25, 0.3) is 0 Å². The summed E-state index contributed by atoms with van der Waals surface area (Å²) in [5.41, 5.74) is -0.328. The molecule has 1 aromatic heterocycles. The smallest absolute Gasteiger partial charge is 0.226 e. The average molecular weight is 406 g/mol. The highest BCUT2D eigenvalue weighted by atomic mass is 19.1. The summed E-state index contributed by atoms with van der Waals surface area (Å²) in [6.07, 6.45) is 1.30. The van der Waals surface area contributed by atoms with Crippen LogP contribution in [0.15, 0.2) is 28.8 Å². The van der Waals surface area contributed by atoms with Crippen LogP contribution in [0.1, 0.15) is 25.7 Å². The normalized spacial score (nSPS) is 17.1. The number of nitrogens with one attached hydrogen (secondary N) is 1. The number of benzene rings is 1. The second kappa shape index (κ2) is 9.91. The Bertz CT molecular complexity index is 788. The van der Waals surface area contributed by atoms with Crippen molar-refractivity contribution in [1.29, 1.82) is 0 Å². The summed E-state index contributed by atoms with van der Waals surface area (Å²) in [6, 6.07) is 5.84. The SMILES string of the molecule is CC(O)(CNC(=O)CCCc1nc(-c2ccc(F)cc2)no1)CN1CCOCC1. The van der Waals surface area contributed by atoms with Crippen LogP contribution in [0.25, 0.3) is 11.4 Å². The Morgan fingerprint density at radius 3 is 2.76 bits per heavy atom. The Hall–Kier alpha value is -2.36. The van der Waals surface area contributed by atoms with Gasteiger partial charge in [0, 0.05) is 44.6 Å². The molecular weight excluding hydrogens is 379 g/mol. The van der Waals surface area contributed by atoms with E-state index >= 15 is 0 Å². The predicted molar refractivity (Wildman–Crippen MR) is 104 cm³/mol. The zero-order chi connectivity index (χ0) is 20.7. The second-order valence-corrected chi connectivity index (χ2v) is 7.53. The van der Waals surface area contributed by atoms with Crippen LogP contribution in [0.2, 0.25) is 0 Å². The summed E-state index contributed by atoms with van der Waals surface area (Å²) in [6.45, 7) is 5.31. The standard InChI is InChI=1S/C20H27FN4O4/c1-20(27,14-25-9-11-28-12-10-25)13-22-17(26)3-2-4-18-23-19(24-29-18)15-5-7-16(21)8-6-15/h5-8,27H,2-4,9-14H2,1H3,(H,22,26). The first-order valence-corrected chi connectivity index (χ1v) is 9.79. The van der Waals surface area contributed by atoms with Gasteiger partial charge in [0.1, 0.15) is 5.82 Å². The molecule has 0 radical (unpaired) electrons. The molecule has 2 heterocycles. The lowest BCUT2D eigenvalue weighted by Gasteiger charge is -2.33. The zero-order valence-corrected chi connectivity index (χ0v) is 16.6. The fourth-order valence-electron chi connectivity index (χ4n) is 3.15. The molecule has 2 aromatic rings. The number of carbonyl (C=O) groups excluding carboxylic acids is 1. The van der Waals surface area contributed by atoms with E-state index in [1.807, 2.05) is 0 Å². The van der Waals surface area contributed by atoms with Gasteiger partial charge in [-0.15, -0.1) is 0 Å². The number of aryl methyl sites for hydroxylation is 1. The van der Waals surface area contributed by atoms with Gasteiger partial charge in [0.05, 0.1) is 18.8 Å². The van der Waals surface area contributed by atoms with Crippen molar-refractivity contribution in [3.05, 3.63) is 36.0 Å². The summed E-state index contributed by atoms with van der Waals surface area (Å²) >= 11 is 0. The first-order valence-electron chi connectivity index (χ1n) is 9.79. The number of nitrogens with zero attached hydrogens (tertiary/aromatic N) is 3. The fraction of sp³-hybridized carbons (Fsp3) is 0.550. The van der Waals surface area contributed by atoms with Gasteiger partial charge in [0.15, 0.2) is 0 Å². The van der Waals surface area contributed by atoms with Crippen molar-refractivity contribution in [1.82, 2.24) is 20.4 Å². The molecule has 3 rings (SSSR count). The Kier molecular flexibility index (Phi) is 7.29. The number of ether oxygens (including phenoxy) is 1. The molecule has 158 valence electrons. The number of amides is 1. The van der Waals surface area contributed by atoms with Crippen LogP contribution in [-0.2, 0) is 16.0 Å². The number of morpholine rings is 1. The van der Waals surface area contributed by atoms with Crippen LogP contribution in [0.5, 0.6) is 0 Å². The van der Waals surface area contributed by atoms with Crippen LogP contribution in [0.3, 0.4) is 0 Å². The van der Waals surface area contributed by atoms with Crippen LogP contribution >= 0.6 is 0 Å². The lowest BCUT2D eigenvalue weighted by molar-refractivity contribution is -0.122. The first kappa shape index (κ1) is 21.4. The topological polar surface area (TPSA) is 101 Å². The number of hydrogen-bond acceptors (Lipinski definition) is 7. The summed E-state index contributed by atoms with van der Waals surface area (Å²) in [4.78, 5) is 18.5. The van der Waals surface area contributed by atoms with E-state index in [0.717, 1.165) is 13.1 Å². The quantitative estimate of drug-likeness (QED) is 0.649. The molecule has 1 aliphatic heterocycles. The maximum Gasteiger partial charge on any atom is 0.226 e. The van der Waals surface area contributed by atoms with Gasteiger partial charge >= 0.3 is 0 Å². The molecule has 0 saturated carbocycles. The minimum absolute atomic E-state index is 0.134. The highest BCUT2D eigenvalue weighted by Crippen LogP contribution is 2.17. The monoisotopic (exact) mass is 406 g/mol. The van der Waals surface area contributed by atoms with Crippen molar-refractivity contribution in [3.63, 3.8) is 0 Å². The molecule has 1 aromatic carbocycles. The average Bonchev–Trinajstić information content (AvgIpc) is 3.16. The van der Waals surface area contributed by atoms with Gasteiger partial charge in [-0.1, -0.05) is 5.16 Å². The van der Waals surface area contributed by atoms with Gasteiger partial charge in [-0.2, -0.15) is 4.98 Å². The molecule has 1 amide bonds. The summed E-state index contributed by atoms with van der Waals surface area (Å²) in [5, 5.41) is 17.2. The van der Waals surface area contributed by atoms with Gasteiger partial charge in [0.2, 0.25) is 17.6 Å². The van der Waals surface area contributed by atoms with Crippen molar-refractivity contribution >= 4 is 5.91 Å². The maximum atomic E-state index is 13.0. The Labute approximate surface area is 169 Å². The third-order valence-electron chi connectivity index (χ3n) is 4.70. The lowest BCUT2D eigenvalue weighted by atomic mass is 10.1. The highest BCUT2D eigenvalue weighted by Gasteiger charge is 2.25. The van der Waals surface area contributed by atoms with E-state index in [1.54, 1.807) is 19.1 Å². The maximum absolute atomic E-state index is 13.0. The fourth-order valence-corrected chi connectivity index (χ4v) is 3.15. The molecule has 1 unspecified atom stereocenters. The number of carbonyl (C=O) groups is 1. The zero-order valence-electron chi connectivity index (χ0n) is 16.6. The van der Waals surface area contributed by atoms with E-state index in [9.17, 15) is 14.3 Å². The van der Waals surface area contributed by atoms with Crippen LogP contribution in [0, 0.1) is 5.82 Å². The molecular formula is C20H27FN4O4. The number of hydrogen-bond donors (Lipinski definition) is 2. The van der Waals surface area contributed by atoms with Crippen LogP contribution in [0.4, 0.5) is 4.39 Å². The van der Waals surface area contributed by atoms with E-state index in [-0.39, 0.29) is 18.3 Å².